The third-order valence-corrected chi connectivity index (χ3v) is 5.19. The Morgan fingerprint density at radius 2 is 1.59 bits per heavy atom. The average Bonchev–Trinajstić information content (AvgIpc) is 3.23. The number of aliphatic imine (C=N–C) groups is 2. The monoisotopic (exact) mass is 436 g/mol. The Morgan fingerprint density at radius 3 is 2.22 bits per heavy atom. The summed E-state index contributed by atoms with van der Waals surface area (Å²) >= 11 is 0. The second kappa shape index (κ2) is 9.21. The standard InChI is InChI=1S/C24H29FN6O/c1-24(2,18-13-9-7-11-16(18)17-12-8-10-14-19(17)25)20-15-21(32-29-20)27-23(31(5)6)28-22(26)30(3)4/h7-15H,1-6H3,(H2,26,27,28). The molecular formula is C24H29FN6O. The third kappa shape index (κ3) is 4.80. The molecule has 8 heteroatoms. The van der Waals surface area contributed by atoms with E-state index in [9.17, 15) is 4.39 Å². The molecule has 2 aromatic carbocycles. The first-order valence-electron chi connectivity index (χ1n) is 10.2. The van der Waals surface area contributed by atoms with Gasteiger partial charge in [0.25, 0.3) is 5.88 Å². The number of hydrogen-bond acceptors (Lipinski definition) is 3. The highest BCUT2D eigenvalue weighted by atomic mass is 19.1. The van der Waals surface area contributed by atoms with Gasteiger partial charge in [-0.1, -0.05) is 61.5 Å². The fourth-order valence-electron chi connectivity index (χ4n) is 3.22. The zero-order valence-corrected chi connectivity index (χ0v) is 19.3. The van der Waals surface area contributed by atoms with E-state index in [-0.39, 0.29) is 5.82 Å². The highest BCUT2D eigenvalue weighted by molar-refractivity contribution is 5.94. The van der Waals surface area contributed by atoms with Crippen LogP contribution < -0.4 is 5.73 Å². The van der Waals surface area contributed by atoms with Gasteiger partial charge in [0.1, 0.15) is 5.82 Å². The lowest BCUT2D eigenvalue weighted by Gasteiger charge is -2.25. The van der Waals surface area contributed by atoms with E-state index in [4.69, 9.17) is 10.3 Å². The van der Waals surface area contributed by atoms with E-state index in [2.05, 4.69) is 15.1 Å². The maximum absolute atomic E-state index is 14.5. The second-order valence-electron chi connectivity index (χ2n) is 8.37. The van der Waals surface area contributed by atoms with E-state index < -0.39 is 5.41 Å². The zero-order valence-electron chi connectivity index (χ0n) is 19.3. The Labute approximate surface area is 188 Å². The summed E-state index contributed by atoms with van der Waals surface area (Å²) in [6.07, 6.45) is 0. The molecule has 0 aliphatic carbocycles. The van der Waals surface area contributed by atoms with Crippen LogP contribution in [0.3, 0.4) is 0 Å². The molecule has 0 saturated carbocycles. The van der Waals surface area contributed by atoms with Gasteiger partial charge in [0.2, 0.25) is 5.96 Å². The Hall–Kier alpha value is -3.68. The predicted molar refractivity (Wildman–Crippen MR) is 127 cm³/mol. The van der Waals surface area contributed by atoms with E-state index in [0.717, 1.165) is 11.1 Å². The highest BCUT2D eigenvalue weighted by Crippen LogP contribution is 2.39. The summed E-state index contributed by atoms with van der Waals surface area (Å²) < 4.78 is 20.1. The molecule has 0 spiro atoms. The first kappa shape index (κ1) is 23.0. The molecule has 0 saturated heterocycles. The van der Waals surface area contributed by atoms with Gasteiger partial charge < -0.3 is 20.1 Å². The summed E-state index contributed by atoms with van der Waals surface area (Å²) in [5, 5.41) is 4.26. The molecule has 1 heterocycles. The van der Waals surface area contributed by atoms with E-state index in [0.29, 0.717) is 29.1 Å². The van der Waals surface area contributed by atoms with Crippen LogP contribution in [0.2, 0.25) is 0 Å². The fraction of sp³-hybridized carbons (Fsp3) is 0.292. The molecular weight excluding hydrogens is 407 g/mol. The molecule has 0 bridgehead atoms. The van der Waals surface area contributed by atoms with Crippen LogP contribution in [0.5, 0.6) is 0 Å². The Balaban J connectivity index is 2.03. The second-order valence-corrected chi connectivity index (χ2v) is 8.37. The molecule has 0 atom stereocenters. The van der Waals surface area contributed by atoms with Gasteiger partial charge in [0.05, 0.1) is 5.69 Å². The minimum Gasteiger partial charge on any atom is -0.369 e. The van der Waals surface area contributed by atoms with Crippen molar-refractivity contribution in [1.29, 1.82) is 0 Å². The number of guanidine groups is 2. The lowest BCUT2D eigenvalue weighted by atomic mass is 9.77. The molecule has 3 aromatic rings. The largest absolute Gasteiger partial charge is 0.369 e. The van der Waals surface area contributed by atoms with Crippen molar-refractivity contribution in [2.45, 2.75) is 19.3 Å². The van der Waals surface area contributed by atoms with Crippen molar-refractivity contribution in [2.24, 2.45) is 15.7 Å². The molecule has 2 N–H and O–H groups in total. The molecule has 0 aliphatic rings. The van der Waals surface area contributed by atoms with Crippen molar-refractivity contribution in [3.8, 4) is 11.1 Å². The summed E-state index contributed by atoms with van der Waals surface area (Å²) in [6.45, 7) is 4.04. The van der Waals surface area contributed by atoms with Crippen LogP contribution in [0.4, 0.5) is 10.3 Å². The third-order valence-electron chi connectivity index (χ3n) is 5.19. The normalized spacial score (nSPS) is 12.7. The quantitative estimate of drug-likeness (QED) is 0.489. The lowest BCUT2D eigenvalue weighted by molar-refractivity contribution is 0.406. The number of aromatic nitrogens is 1. The molecule has 0 aliphatic heterocycles. The van der Waals surface area contributed by atoms with Crippen molar-refractivity contribution in [3.63, 3.8) is 0 Å². The highest BCUT2D eigenvalue weighted by Gasteiger charge is 2.30. The van der Waals surface area contributed by atoms with Gasteiger partial charge in [-0.25, -0.2) is 4.39 Å². The van der Waals surface area contributed by atoms with Crippen molar-refractivity contribution >= 4 is 17.8 Å². The van der Waals surface area contributed by atoms with Crippen molar-refractivity contribution < 1.29 is 8.91 Å². The van der Waals surface area contributed by atoms with Crippen LogP contribution in [0.25, 0.3) is 11.1 Å². The topological polar surface area (TPSA) is 83.2 Å². The number of rotatable bonds is 4. The van der Waals surface area contributed by atoms with Gasteiger partial charge in [-0.15, -0.1) is 0 Å². The SMILES string of the molecule is CN(C)C(N)=NC(=Nc1cc(C(C)(C)c2ccccc2-c2ccccc2F)no1)N(C)C. The summed E-state index contributed by atoms with van der Waals surface area (Å²) in [4.78, 5) is 12.2. The summed E-state index contributed by atoms with van der Waals surface area (Å²) in [5.74, 6) is 0.725. The maximum atomic E-state index is 14.5. The first-order chi connectivity index (χ1) is 15.1. The minimum atomic E-state index is -0.569. The molecule has 0 radical (unpaired) electrons. The van der Waals surface area contributed by atoms with Gasteiger partial charge in [0.15, 0.2) is 5.96 Å². The van der Waals surface area contributed by atoms with Gasteiger partial charge in [-0.05, 0) is 17.2 Å². The molecule has 0 amide bonds. The fourth-order valence-corrected chi connectivity index (χ4v) is 3.22. The van der Waals surface area contributed by atoms with Crippen LogP contribution >= 0.6 is 0 Å². The smallest absolute Gasteiger partial charge is 0.253 e. The summed E-state index contributed by atoms with van der Waals surface area (Å²) in [5.41, 5.74) is 8.31. The van der Waals surface area contributed by atoms with Crippen LogP contribution in [0.1, 0.15) is 25.1 Å². The number of nitrogens with two attached hydrogens (primary N) is 1. The van der Waals surface area contributed by atoms with Crippen LogP contribution in [0.15, 0.2) is 69.1 Å². The maximum Gasteiger partial charge on any atom is 0.253 e. The molecule has 1 aromatic heterocycles. The Kier molecular flexibility index (Phi) is 6.62. The number of halogens is 1. The zero-order chi connectivity index (χ0) is 23.5. The number of nitrogens with zero attached hydrogens (tertiary/aromatic N) is 5. The molecule has 7 nitrogen and oxygen atoms in total. The summed E-state index contributed by atoms with van der Waals surface area (Å²) in [6, 6.07) is 16.2. The van der Waals surface area contributed by atoms with Crippen LogP contribution in [-0.4, -0.2) is 55.1 Å². The van der Waals surface area contributed by atoms with Crippen molar-refractivity contribution in [1.82, 2.24) is 15.0 Å². The van der Waals surface area contributed by atoms with Gasteiger partial charge in [-0.3, -0.25) is 0 Å². The number of hydrogen-bond donors (Lipinski definition) is 1. The molecule has 0 unspecified atom stereocenters. The Morgan fingerprint density at radius 1 is 0.969 bits per heavy atom. The molecule has 3 rings (SSSR count). The Bertz CT molecular complexity index is 1150. The molecule has 0 fully saturated rings. The molecule has 32 heavy (non-hydrogen) atoms. The van der Waals surface area contributed by atoms with Crippen molar-refractivity contribution in [2.75, 3.05) is 28.2 Å². The van der Waals surface area contributed by atoms with E-state index in [1.54, 1.807) is 42.1 Å². The van der Waals surface area contributed by atoms with Gasteiger partial charge in [-0.2, -0.15) is 9.98 Å². The van der Waals surface area contributed by atoms with E-state index in [1.165, 1.54) is 6.07 Å². The van der Waals surface area contributed by atoms with Crippen LogP contribution in [-0.2, 0) is 5.41 Å². The first-order valence-corrected chi connectivity index (χ1v) is 10.2. The number of benzene rings is 2. The van der Waals surface area contributed by atoms with Crippen LogP contribution in [0, 0.1) is 5.82 Å². The predicted octanol–water partition coefficient (Wildman–Crippen LogP) is 4.23. The lowest BCUT2D eigenvalue weighted by Crippen LogP contribution is -2.33. The van der Waals surface area contributed by atoms with Gasteiger partial charge in [0, 0.05) is 45.2 Å². The minimum absolute atomic E-state index is 0.270. The molecule has 168 valence electrons. The van der Waals surface area contributed by atoms with Crippen molar-refractivity contribution in [3.05, 3.63) is 71.7 Å². The average molecular weight is 437 g/mol. The summed E-state index contributed by atoms with van der Waals surface area (Å²) in [7, 11) is 7.23. The van der Waals surface area contributed by atoms with E-state index >= 15 is 0 Å². The van der Waals surface area contributed by atoms with Gasteiger partial charge >= 0.3 is 0 Å². The van der Waals surface area contributed by atoms with E-state index in [1.807, 2.05) is 58.3 Å².